The quantitative estimate of drug-likeness (QED) is 0.669. The van der Waals surface area contributed by atoms with Crippen molar-refractivity contribution in [2.75, 3.05) is 40.3 Å². The molecule has 2 amide bonds. The van der Waals surface area contributed by atoms with Crippen LogP contribution in [0.15, 0.2) is 39.3 Å². The molecule has 0 atom stereocenters. The summed E-state index contributed by atoms with van der Waals surface area (Å²) in [5.74, 6) is 1.57. The molecular weight excluding hydrogens is 372 g/mol. The first-order valence-corrected chi connectivity index (χ1v) is 9.56. The fourth-order valence-corrected chi connectivity index (χ4v) is 3.41. The molecule has 152 valence electrons. The Kier molecular flexibility index (Phi) is 5.30. The smallest absolute Gasteiger partial charge is 0.319 e. The van der Waals surface area contributed by atoms with E-state index in [-0.39, 0.29) is 6.03 Å². The first-order chi connectivity index (χ1) is 14.0. The monoisotopic (exact) mass is 396 g/mol. The highest BCUT2D eigenvalue weighted by atomic mass is 16.5. The maximum Gasteiger partial charge on any atom is 0.319 e. The number of aromatic nitrogens is 3. The minimum atomic E-state index is 0.0427. The number of hydrogen-bond donors (Lipinski definition) is 0. The number of piperazine rings is 1. The Morgan fingerprint density at radius 2 is 1.83 bits per heavy atom. The molecule has 1 aliphatic rings. The number of nitrogens with zero attached hydrogens (tertiary/aromatic N) is 6. The second-order valence-corrected chi connectivity index (χ2v) is 7.27. The summed E-state index contributed by atoms with van der Waals surface area (Å²) >= 11 is 0. The summed E-state index contributed by atoms with van der Waals surface area (Å²) in [6.45, 7) is 5.27. The van der Waals surface area contributed by atoms with Crippen molar-refractivity contribution in [1.82, 2.24) is 30.1 Å². The van der Waals surface area contributed by atoms with Crippen molar-refractivity contribution in [3.63, 3.8) is 0 Å². The summed E-state index contributed by atoms with van der Waals surface area (Å²) in [6, 6.07) is 9.82. The van der Waals surface area contributed by atoms with Crippen molar-refractivity contribution < 1.29 is 13.7 Å². The van der Waals surface area contributed by atoms with Gasteiger partial charge < -0.3 is 18.7 Å². The molecule has 0 saturated carbocycles. The maximum absolute atomic E-state index is 12.1. The summed E-state index contributed by atoms with van der Waals surface area (Å²) in [6.07, 6.45) is 0. The van der Waals surface area contributed by atoms with Crippen LogP contribution in [-0.2, 0) is 6.54 Å². The maximum atomic E-state index is 12.1. The van der Waals surface area contributed by atoms with Crippen LogP contribution in [0.25, 0.3) is 22.7 Å². The SMILES string of the molecule is Cc1onc(-c2ccccc2)c1-c1nnc(CN2CCN(C(=O)N(C)C)CC2)o1. The lowest BCUT2D eigenvalue weighted by Crippen LogP contribution is -2.51. The lowest BCUT2D eigenvalue weighted by molar-refractivity contribution is 0.115. The van der Waals surface area contributed by atoms with Gasteiger partial charge in [0.1, 0.15) is 17.0 Å². The van der Waals surface area contributed by atoms with Crippen LogP contribution < -0.4 is 0 Å². The van der Waals surface area contributed by atoms with Crippen molar-refractivity contribution in [3.05, 3.63) is 42.0 Å². The van der Waals surface area contributed by atoms with Gasteiger partial charge in [0.2, 0.25) is 5.89 Å². The Bertz CT molecular complexity index is 973. The highest BCUT2D eigenvalue weighted by Crippen LogP contribution is 2.33. The van der Waals surface area contributed by atoms with Crippen LogP contribution >= 0.6 is 0 Å². The van der Waals surface area contributed by atoms with E-state index >= 15 is 0 Å². The molecule has 3 heterocycles. The van der Waals surface area contributed by atoms with E-state index in [1.54, 1.807) is 19.0 Å². The summed E-state index contributed by atoms with van der Waals surface area (Å²) in [5.41, 5.74) is 2.34. The average molecular weight is 396 g/mol. The second kappa shape index (κ2) is 8.04. The molecule has 0 unspecified atom stereocenters. The van der Waals surface area contributed by atoms with Gasteiger partial charge in [0.25, 0.3) is 5.89 Å². The molecule has 1 fully saturated rings. The third-order valence-corrected chi connectivity index (χ3v) is 4.97. The zero-order valence-electron chi connectivity index (χ0n) is 16.8. The fourth-order valence-electron chi connectivity index (χ4n) is 3.41. The van der Waals surface area contributed by atoms with Crippen molar-refractivity contribution in [2.45, 2.75) is 13.5 Å². The molecule has 0 aliphatic carbocycles. The summed E-state index contributed by atoms with van der Waals surface area (Å²) < 4.78 is 11.3. The number of aryl methyl sites for hydroxylation is 1. The predicted octanol–water partition coefficient (Wildman–Crippen LogP) is 2.50. The van der Waals surface area contributed by atoms with Gasteiger partial charge in [0.15, 0.2) is 0 Å². The zero-order chi connectivity index (χ0) is 20.4. The topological polar surface area (TPSA) is 91.7 Å². The molecule has 1 aromatic carbocycles. The Hall–Kier alpha value is -3.20. The second-order valence-electron chi connectivity index (χ2n) is 7.27. The van der Waals surface area contributed by atoms with Gasteiger partial charge in [-0.05, 0) is 6.92 Å². The normalized spacial score (nSPS) is 14.9. The number of hydrogen-bond acceptors (Lipinski definition) is 7. The van der Waals surface area contributed by atoms with Crippen LogP contribution in [0, 0.1) is 6.92 Å². The molecule has 2 aromatic heterocycles. The summed E-state index contributed by atoms with van der Waals surface area (Å²) in [7, 11) is 3.54. The van der Waals surface area contributed by atoms with Crippen LogP contribution in [-0.4, -0.2) is 76.4 Å². The summed E-state index contributed by atoms with van der Waals surface area (Å²) in [4.78, 5) is 17.7. The molecule has 9 heteroatoms. The molecule has 29 heavy (non-hydrogen) atoms. The molecule has 1 aliphatic heterocycles. The Morgan fingerprint density at radius 1 is 1.10 bits per heavy atom. The standard InChI is InChI=1S/C20H24N6O3/c1-14-17(18(23-29-14)15-7-5-4-6-8-15)19-22-21-16(28-19)13-25-9-11-26(12-10-25)20(27)24(2)3/h4-8H,9-13H2,1-3H3. The van der Waals surface area contributed by atoms with E-state index in [9.17, 15) is 4.79 Å². The van der Waals surface area contributed by atoms with E-state index in [0.29, 0.717) is 42.9 Å². The van der Waals surface area contributed by atoms with Gasteiger partial charge in [0.05, 0.1) is 6.54 Å². The van der Waals surface area contributed by atoms with E-state index < -0.39 is 0 Å². The Labute approximate surface area is 168 Å². The zero-order valence-corrected chi connectivity index (χ0v) is 16.8. The predicted molar refractivity (Wildman–Crippen MR) is 106 cm³/mol. The van der Waals surface area contributed by atoms with E-state index in [2.05, 4.69) is 20.3 Å². The molecular formula is C20H24N6O3. The third-order valence-electron chi connectivity index (χ3n) is 4.97. The first kappa shape index (κ1) is 19.1. The molecule has 0 spiro atoms. The first-order valence-electron chi connectivity index (χ1n) is 9.56. The highest BCUT2D eigenvalue weighted by Gasteiger charge is 2.25. The molecule has 1 saturated heterocycles. The van der Waals surface area contributed by atoms with Gasteiger partial charge in [-0.25, -0.2) is 4.79 Å². The van der Waals surface area contributed by atoms with Crippen molar-refractivity contribution in [2.24, 2.45) is 0 Å². The van der Waals surface area contributed by atoms with Gasteiger partial charge >= 0.3 is 6.03 Å². The fraction of sp³-hybridized carbons (Fsp3) is 0.400. The van der Waals surface area contributed by atoms with E-state index in [0.717, 1.165) is 24.2 Å². The van der Waals surface area contributed by atoms with E-state index in [4.69, 9.17) is 8.94 Å². The molecule has 3 aromatic rings. The van der Waals surface area contributed by atoms with Gasteiger partial charge in [-0.1, -0.05) is 35.5 Å². The number of rotatable bonds is 4. The Balaban J connectivity index is 1.46. The molecule has 0 radical (unpaired) electrons. The number of benzene rings is 1. The van der Waals surface area contributed by atoms with Crippen LogP contribution in [0.3, 0.4) is 0 Å². The highest BCUT2D eigenvalue weighted by molar-refractivity contribution is 5.77. The van der Waals surface area contributed by atoms with Crippen molar-refractivity contribution in [1.29, 1.82) is 0 Å². The van der Waals surface area contributed by atoms with Gasteiger partial charge in [-0.3, -0.25) is 4.90 Å². The molecule has 0 bridgehead atoms. The van der Waals surface area contributed by atoms with E-state index in [1.807, 2.05) is 42.2 Å². The van der Waals surface area contributed by atoms with Crippen LogP contribution in [0.4, 0.5) is 4.79 Å². The van der Waals surface area contributed by atoms with Crippen molar-refractivity contribution in [3.8, 4) is 22.7 Å². The Morgan fingerprint density at radius 3 is 2.52 bits per heavy atom. The van der Waals surface area contributed by atoms with Crippen LogP contribution in [0.2, 0.25) is 0 Å². The third kappa shape index (κ3) is 4.00. The molecule has 0 N–H and O–H groups in total. The number of urea groups is 1. The van der Waals surface area contributed by atoms with Gasteiger partial charge in [-0.2, -0.15) is 0 Å². The van der Waals surface area contributed by atoms with Crippen molar-refractivity contribution >= 4 is 6.03 Å². The van der Waals surface area contributed by atoms with Gasteiger partial charge in [0, 0.05) is 45.8 Å². The largest absolute Gasteiger partial charge is 0.419 e. The number of carbonyl (C=O) groups is 1. The van der Waals surface area contributed by atoms with Crippen LogP contribution in [0.1, 0.15) is 11.7 Å². The molecule has 4 rings (SSSR count). The van der Waals surface area contributed by atoms with Crippen LogP contribution in [0.5, 0.6) is 0 Å². The number of amides is 2. The van der Waals surface area contributed by atoms with E-state index in [1.165, 1.54) is 0 Å². The van der Waals surface area contributed by atoms with Gasteiger partial charge in [-0.15, -0.1) is 10.2 Å². The minimum absolute atomic E-state index is 0.0427. The lowest BCUT2D eigenvalue weighted by atomic mass is 10.1. The summed E-state index contributed by atoms with van der Waals surface area (Å²) in [5, 5.41) is 12.6. The molecule has 9 nitrogen and oxygen atoms in total. The average Bonchev–Trinajstić information content (AvgIpc) is 3.34. The number of carbonyl (C=O) groups excluding carboxylic acids is 1. The minimum Gasteiger partial charge on any atom is -0.419 e. The lowest BCUT2D eigenvalue weighted by Gasteiger charge is -2.35.